The third-order valence-electron chi connectivity index (χ3n) is 4.76. The Morgan fingerprint density at radius 2 is 2.08 bits per heavy atom. The molecule has 1 atom stereocenters. The molecule has 0 aromatic heterocycles. The van der Waals surface area contributed by atoms with Crippen molar-refractivity contribution >= 4 is 11.8 Å². The van der Waals surface area contributed by atoms with Crippen LogP contribution in [0, 0.1) is 23.2 Å². The van der Waals surface area contributed by atoms with Crippen LogP contribution < -0.4 is 11.1 Å². The number of benzene rings is 1. The lowest BCUT2D eigenvalue weighted by Crippen LogP contribution is -2.52. The molecule has 1 aromatic rings. The maximum atomic E-state index is 12.9. The van der Waals surface area contributed by atoms with E-state index in [4.69, 9.17) is 5.73 Å². The maximum Gasteiger partial charge on any atom is 0.228 e. The van der Waals surface area contributed by atoms with Crippen molar-refractivity contribution in [3.8, 4) is 6.07 Å². The molecule has 133 valence electrons. The summed E-state index contributed by atoms with van der Waals surface area (Å²) in [5, 5.41) is 12.9. The quantitative estimate of drug-likeness (QED) is 0.782. The van der Waals surface area contributed by atoms with E-state index in [1.165, 1.54) is 6.42 Å². The van der Waals surface area contributed by atoms with Gasteiger partial charge in [-0.15, -0.1) is 0 Å². The lowest BCUT2D eigenvalue weighted by atomic mass is 9.86. The lowest BCUT2D eigenvalue weighted by Gasteiger charge is -2.36. The number of nitrogens with one attached hydrogen (secondary N) is 1. The number of nitrogens with zero attached hydrogens (tertiary/aromatic N) is 2. The number of carbonyl (C=O) groups excluding carboxylic acids is 2. The van der Waals surface area contributed by atoms with Gasteiger partial charge in [0, 0.05) is 18.5 Å². The van der Waals surface area contributed by atoms with Gasteiger partial charge >= 0.3 is 0 Å². The van der Waals surface area contributed by atoms with Crippen LogP contribution in [0.25, 0.3) is 0 Å². The van der Waals surface area contributed by atoms with Gasteiger partial charge in [-0.25, -0.2) is 0 Å². The molecule has 1 unspecified atom stereocenters. The Morgan fingerprint density at radius 3 is 2.60 bits per heavy atom. The van der Waals surface area contributed by atoms with Crippen molar-refractivity contribution in [2.24, 2.45) is 11.1 Å². The van der Waals surface area contributed by atoms with Crippen LogP contribution >= 0.6 is 0 Å². The summed E-state index contributed by atoms with van der Waals surface area (Å²) in [6.07, 6.45) is 2.29. The van der Waals surface area contributed by atoms with Crippen molar-refractivity contribution in [2.75, 3.05) is 13.1 Å². The second kappa shape index (κ2) is 7.66. The molecule has 0 bridgehead atoms. The van der Waals surface area contributed by atoms with E-state index in [2.05, 4.69) is 11.4 Å². The molecule has 1 radical (unpaired) electrons. The number of nitrogens with two attached hydrogens (primary N) is 1. The molecular formula is C19H25N4O2. The van der Waals surface area contributed by atoms with E-state index in [1.807, 2.05) is 30.3 Å². The molecule has 1 aromatic carbocycles. The van der Waals surface area contributed by atoms with Crippen molar-refractivity contribution in [2.45, 2.75) is 38.8 Å². The molecule has 3 N–H and O–H groups in total. The van der Waals surface area contributed by atoms with Gasteiger partial charge in [0.1, 0.15) is 5.54 Å². The Hall–Kier alpha value is -2.39. The summed E-state index contributed by atoms with van der Waals surface area (Å²) in [5.74, 6) is -0.702. The van der Waals surface area contributed by atoms with Gasteiger partial charge in [0.15, 0.2) is 0 Å². The third kappa shape index (κ3) is 4.37. The number of nitriles is 1. The van der Waals surface area contributed by atoms with Gasteiger partial charge in [-0.1, -0.05) is 44.2 Å². The monoisotopic (exact) mass is 341 g/mol. The van der Waals surface area contributed by atoms with Gasteiger partial charge in [0.05, 0.1) is 12.5 Å². The Bertz CT molecular complexity index is 658. The first-order valence-corrected chi connectivity index (χ1v) is 8.41. The third-order valence-corrected chi connectivity index (χ3v) is 4.76. The highest BCUT2D eigenvalue weighted by Crippen LogP contribution is 2.28. The summed E-state index contributed by atoms with van der Waals surface area (Å²) < 4.78 is 0. The standard InChI is InChI=1S/C19H25N4O2/c1-18(2,17(21)25)9-8-16(24)23(12-15-6-4-3-5-7-15)19(13-20)10-11-22-14-19/h3-8,22H,9-12,14H2,1-2H3,(H2,21,25). The molecule has 1 heterocycles. The Balaban J connectivity index is 2.21. The molecule has 1 aliphatic rings. The summed E-state index contributed by atoms with van der Waals surface area (Å²) in [4.78, 5) is 26.0. The Kier molecular flexibility index (Phi) is 5.81. The number of amides is 2. The summed E-state index contributed by atoms with van der Waals surface area (Å²) >= 11 is 0. The van der Waals surface area contributed by atoms with Crippen LogP contribution in [0.2, 0.25) is 0 Å². The summed E-state index contributed by atoms with van der Waals surface area (Å²) in [5.41, 5.74) is 4.66. The summed E-state index contributed by atoms with van der Waals surface area (Å²) in [6.45, 7) is 4.89. The maximum absolute atomic E-state index is 12.9. The second-order valence-electron chi connectivity index (χ2n) is 7.14. The van der Waals surface area contributed by atoms with Crippen LogP contribution in [0.5, 0.6) is 0 Å². The molecule has 0 aliphatic carbocycles. The van der Waals surface area contributed by atoms with E-state index in [0.29, 0.717) is 26.1 Å². The van der Waals surface area contributed by atoms with E-state index in [9.17, 15) is 14.9 Å². The molecular weight excluding hydrogens is 316 g/mol. The second-order valence-corrected chi connectivity index (χ2v) is 7.14. The van der Waals surface area contributed by atoms with Crippen molar-refractivity contribution in [3.63, 3.8) is 0 Å². The van der Waals surface area contributed by atoms with Crippen LogP contribution in [0.4, 0.5) is 0 Å². The molecule has 1 fully saturated rings. The van der Waals surface area contributed by atoms with Gasteiger partial charge in [0.2, 0.25) is 11.8 Å². The van der Waals surface area contributed by atoms with Crippen LogP contribution in [-0.2, 0) is 16.1 Å². The smallest absolute Gasteiger partial charge is 0.228 e. The van der Waals surface area contributed by atoms with Crippen molar-refractivity contribution in [1.29, 1.82) is 5.26 Å². The highest BCUT2D eigenvalue weighted by Gasteiger charge is 2.43. The van der Waals surface area contributed by atoms with E-state index < -0.39 is 16.9 Å². The average molecular weight is 341 g/mol. The highest BCUT2D eigenvalue weighted by atomic mass is 16.2. The first-order chi connectivity index (χ1) is 11.8. The van der Waals surface area contributed by atoms with Crippen LogP contribution in [0.1, 0.15) is 32.3 Å². The minimum Gasteiger partial charge on any atom is -0.369 e. The zero-order chi connectivity index (χ0) is 18.5. The molecule has 25 heavy (non-hydrogen) atoms. The molecule has 2 amide bonds. The Labute approximate surface area is 149 Å². The Morgan fingerprint density at radius 1 is 1.40 bits per heavy atom. The molecule has 6 heteroatoms. The fourth-order valence-electron chi connectivity index (χ4n) is 2.82. The van der Waals surface area contributed by atoms with E-state index in [0.717, 1.165) is 5.56 Å². The summed E-state index contributed by atoms with van der Waals surface area (Å²) in [7, 11) is 0. The number of hydrogen-bond acceptors (Lipinski definition) is 4. The normalized spacial score (nSPS) is 20.0. The molecule has 1 saturated heterocycles. The minimum atomic E-state index is -0.875. The number of primary amides is 1. The molecule has 0 spiro atoms. The topological polar surface area (TPSA) is 99.2 Å². The highest BCUT2D eigenvalue weighted by molar-refractivity contribution is 5.88. The van der Waals surface area contributed by atoms with E-state index >= 15 is 0 Å². The van der Waals surface area contributed by atoms with Crippen molar-refractivity contribution in [3.05, 3.63) is 42.3 Å². The van der Waals surface area contributed by atoms with Gasteiger partial charge in [0.25, 0.3) is 0 Å². The van der Waals surface area contributed by atoms with Crippen LogP contribution in [0.15, 0.2) is 30.3 Å². The predicted octanol–water partition coefficient (Wildman–Crippen LogP) is 1.38. The van der Waals surface area contributed by atoms with Gasteiger partial charge in [-0.2, -0.15) is 5.26 Å². The van der Waals surface area contributed by atoms with E-state index in [-0.39, 0.29) is 12.3 Å². The zero-order valence-corrected chi connectivity index (χ0v) is 14.8. The van der Waals surface area contributed by atoms with Gasteiger partial charge < -0.3 is 16.0 Å². The molecule has 2 rings (SSSR count). The average Bonchev–Trinajstić information content (AvgIpc) is 3.08. The predicted molar refractivity (Wildman–Crippen MR) is 94.7 cm³/mol. The van der Waals surface area contributed by atoms with Gasteiger partial charge in [-0.05, 0) is 24.9 Å². The van der Waals surface area contributed by atoms with Crippen LogP contribution in [0.3, 0.4) is 0 Å². The largest absolute Gasteiger partial charge is 0.369 e. The van der Waals surface area contributed by atoms with Crippen molar-refractivity contribution < 1.29 is 9.59 Å². The van der Waals surface area contributed by atoms with Crippen molar-refractivity contribution in [1.82, 2.24) is 10.2 Å². The fourth-order valence-corrected chi connectivity index (χ4v) is 2.82. The lowest BCUT2D eigenvalue weighted by molar-refractivity contribution is -0.133. The first kappa shape index (κ1) is 18.9. The summed E-state index contributed by atoms with van der Waals surface area (Å²) in [6, 6.07) is 11.9. The minimum absolute atomic E-state index is 0.237. The van der Waals surface area contributed by atoms with Gasteiger partial charge in [-0.3, -0.25) is 9.59 Å². The van der Waals surface area contributed by atoms with Crippen LogP contribution in [-0.4, -0.2) is 35.3 Å². The molecule has 6 nitrogen and oxygen atoms in total. The first-order valence-electron chi connectivity index (χ1n) is 8.41. The number of rotatable bonds is 7. The zero-order valence-electron chi connectivity index (χ0n) is 14.8. The number of hydrogen-bond donors (Lipinski definition) is 2. The molecule has 0 saturated carbocycles. The van der Waals surface area contributed by atoms with E-state index in [1.54, 1.807) is 18.7 Å². The fraction of sp³-hybridized carbons (Fsp3) is 0.474. The molecule has 1 aliphatic heterocycles. The SMILES string of the molecule is CC(C)(C[CH]C(=O)N(Cc1ccccc1)C1(C#N)CCNC1)C(N)=O. The number of carbonyl (C=O) groups is 2.